The van der Waals surface area contributed by atoms with Gasteiger partial charge in [0.25, 0.3) is 0 Å². The fourth-order valence-corrected chi connectivity index (χ4v) is 1.92. The van der Waals surface area contributed by atoms with Gasteiger partial charge in [0, 0.05) is 6.20 Å². The van der Waals surface area contributed by atoms with Crippen molar-refractivity contribution in [3.63, 3.8) is 0 Å². The van der Waals surface area contributed by atoms with Crippen LogP contribution in [-0.2, 0) is 13.1 Å². The Balaban J connectivity index is 1.84. The van der Waals surface area contributed by atoms with Crippen LogP contribution >= 0.6 is 0 Å². The number of hydrogen-bond donors (Lipinski definition) is 2. The molecule has 0 aromatic carbocycles. The van der Waals surface area contributed by atoms with E-state index in [9.17, 15) is 0 Å². The Labute approximate surface area is 114 Å². The second-order valence-corrected chi connectivity index (χ2v) is 4.17. The van der Waals surface area contributed by atoms with Crippen molar-refractivity contribution in [2.75, 3.05) is 5.32 Å². The zero-order valence-corrected chi connectivity index (χ0v) is 10.6. The Bertz CT molecular complexity index is 736. The summed E-state index contributed by atoms with van der Waals surface area (Å²) < 4.78 is 1.71. The monoisotopic (exact) mass is 268 g/mol. The van der Waals surface area contributed by atoms with Crippen LogP contribution in [-0.4, -0.2) is 29.9 Å². The molecule has 0 spiro atoms. The second-order valence-electron chi connectivity index (χ2n) is 4.17. The molecule has 3 rings (SSSR count). The Kier molecular flexibility index (Phi) is 3.24. The van der Waals surface area contributed by atoms with Crippen molar-refractivity contribution in [2.45, 2.75) is 19.5 Å². The number of aromatic amines is 1. The van der Waals surface area contributed by atoms with Crippen LogP contribution in [0.25, 0.3) is 11.0 Å². The molecular formula is C12H12N8. The minimum atomic E-state index is 0.400. The lowest BCUT2D eigenvalue weighted by molar-refractivity contribution is 0.643. The molecule has 0 fully saturated rings. The van der Waals surface area contributed by atoms with Gasteiger partial charge in [-0.1, -0.05) is 0 Å². The van der Waals surface area contributed by atoms with E-state index in [4.69, 9.17) is 5.26 Å². The molecule has 8 nitrogen and oxygen atoms in total. The van der Waals surface area contributed by atoms with Gasteiger partial charge in [-0.25, -0.2) is 14.6 Å². The highest BCUT2D eigenvalue weighted by Crippen LogP contribution is 2.19. The number of nitrogens with one attached hydrogen (secondary N) is 2. The van der Waals surface area contributed by atoms with E-state index in [0.717, 1.165) is 16.7 Å². The first kappa shape index (κ1) is 12.1. The molecule has 0 atom stereocenters. The van der Waals surface area contributed by atoms with Crippen LogP contribution in [0.15, 0.2) is 24.8 Å². The van der Waals surface area contributed by atoms with Crippen molar-refractivity contribution in [3.8, 4) is 6.07 Å². The van der Waals surface area contributed by atoms with Gasteiger partial charge in [0.15, 0.2) is 5.65 Å². The van der Waals surface area contributed by atoms with Crippen molar-refractivity contribution >= 4 is 16.9 Å². The number of nitrogens with zero attached hydrogens (tertiary/aromatic N) is 6. The van der Waals surface area contributed by atoms with Gasteiger partial charge in [-0.15, -0.1) is 0 Å². The number of anilines is 1. The van der Waals surface area contributed by atoms with Gasteiger partial charge in [0.2, 0.25) is 0 Å². The molecular weight excluding hydrogens is 256 g/mol. The summed E-state index contributed by atoms with van der Waals surface area (Å²) in [5, 5.41) is 23.7. The molecule has 3 heterocycles. The van der Waals surface area contributed by atoms with Crippen LogP contribution in [0, 0.1) is 11.3 Å². The second kappa shape index (κ2) is 5.36. The third kappa shape index (κ3) is 2.29. The first-order valence-corrected chi connectivity index (χ1v) is 6.14. The lowest BCUT2D eigenvalue weighted by atomic mass is 10.3. The molecule has 100 valence electrons. The summed E-state index contributed by atoms with van der Waals surface area (Å²) in [6.45, 7) is 1.12. The van der Waals surface area contributed by atoms with Crippen molar-refractivity contribution < 1.29 is 0 Å². The summed E-state index contributed by atoms with van der Waals surface area (Å²) in [5.41, 5.74) is 1.69. The van der Waals surface area contributed by atoms with Gasteiger partial charge in [-0.05, 0) is 6.07 Å². The standard InChI is InChI=1S/C12H12N8/c13-3-1-5-20-12-10(7-18-20)11(15-8-16-12)14-6-9-2-4-17-19-9/h2,4,7-8H,1,5-6H2,(H,17,19)(H,14,15,16). The molecule has 0 amide bonds. The average molecular weight is 268 g/mol. The molecule has 0 aliphatic carbocycles. The maximum Gasteiger partial charge on any atom is 0.163 e. The van der Waals surface area contributed by atoms with Crippen molar-refractivity contribution in [3.05, 3.63) is 30.5 Å². The summed E-state index contributed by atoms with van der Waals surface area (Å²) in [5.74, 6) is 0.716. The summed E-state index contributed by atoms with van der Waals surface area (Å²) in [7, 11) is 0. The van der Waals surface area contributed by atoms with Gasteiger partial charge in [-0.2, -0.15) is 15.5 Å². The van der Waals surface area contributed by atoms with E-state index in [1.165, 1.54) is 6.33 Å². The average Bonchev–Trinajstić information content (AvgIpc) is 3.12. The van der Waals surface area contributed by atoms with Crippen LogP contribution in [0.5, 0.6) is 0 Å². The number of H-pyrrole nitrogens is 1. The number of nitriles is 1. The van der Waals surface area contributed by atoms with Crippen LogP contribution in [0.3, 0.4) is 0 Å². The topological polar surface area (TPSA) is 108 Å². The first-order chi connectivity index (χ1) is 9.88. The van der Waals surface area contributed by atoms with Crippen molar-refractivity contribution in [1.29, 1.82) is 5.26 Å². The lowest BCUT2D eigenvalue weighted by Gasteiger charge is -2.05. The van der Waals surface area contributed by atoms with Gasteiger partial charge in [0.1, 0.15) is 12.1 Å². The Hall–Kier alpha value is -2.95. The highest BCUT2D eigenvalue weighted by molar-refractivity contribution is 5.85. The molecule has 2 N–H and O–H groups in total. The quantitative estimate of drug-likeness (QED) is 0.716. The smallest absolute Gasteiger partial charge is 0.163 e. The Morgan fingerprint density at radius 2 is 2.35 bits per heavy atom. The fraction of sp³-hybridized carbons (Fsp3) is 0.250. The van der Waals surface area contributed by atoms with Gasteiger partial charge < -0.3 is 5.32 Å². The minimum Gasteiger partial charge on any atom is -0.364 e. The molecule has 3 aromatic rings. The van der Waals surface area contributed by atoms with Crippen LogP contribution in [0.4, 0.5) is 5.82 Å². The van der Waals surface area contributed by atoms with E-state index in [-0.39, 0.29) is 0 Å². The molecule has 0 aliphatic rings. The van der Waals surface area contributed by atoms with E-state index in [1.54, 1.807) is 17.1 Å². The molecule has 0 aliphatic heterocycles. The minimum absolute atomic E-state index is 0.400. The summed E-state index contributed by atoms with van der Waals surface area (Å²) >= 11 is 0. The third-order valence-corrected chi connectivity index (χ3v) is 2.87. The zero-order chi connectivity index (χ0) is 13.8. The van der Waals surface area contributed by atoms with Crippen LogP contribution in [0.2, 0.25) is 0 Å². The predicted molar refractivity (Wildman–Crippen MR) is 71.5 cm³/mol. The van der Waals surface area contributed by atoms with E-state index >= 15 is 0 Å². The number of fused-ring (bicyclic) bond motifs is 1. The Morgan fingerprint density at radius 3 is 3.15 bits per heavy atom. The summed E-state index contributed by atoms with van der Waals surface area (Å²) in [6, 6.07) is 3.99. The molecule has 3 aromatic heterocycles. The van der Waals surface area contributed by atoms with E-state index < -0.39 is 0 Å². The number of aryl methyl sites for hydroxylation is 1. The van der Waals surface area contributed by atoms with Crippen molar-refractivity contribution in [2.24, 2.45) is 0 Å². The lowest BCUT2D eigenvalue weighted by Crippen LogP contribution is -2.04. The van der Waals surface area contributed by atoms with Gasteiger partial charge >= 0.3 is 0 Å². The SMILES string of the molecule is N#CCCn1ncc2c(NCc3ccn[nH]3)ncnc21. The fourth-order valence-electron chi connectivity index (χ4n) is 1.92. The summed E-state index contributed by atoms with van der Waals surface area (Å²) in [4.78, 5) is 8.44. The Morgan fingerprint density at radius 1 is 1.40 bits per heavy atom. The zero-order valence-electron chi connectivity index (χ0n) is 10.6. The highest BCUT2D eigenvalue weighted by Gasteiger charge is 2.09. The number of hydrogen-bond acceptors (Lipinski definition) is 6. The normalized spacial score (nSPS) is 10.6. The maximum atomic E-state index is 8.64. The first-order valence-electron chi connectivity index (χ1n) is 6.14. The van der Waals surface area contributed by atoms with Crippen LogP contribution in [0.1, 0.15) is 12.1 Å². The molecule has 20 heavy (non-hydrogen) atoms. The largest absolute Gasteiger partial charge is 0.364 e. The molecule has 0 unspecified atom stereocenters. The van der Waals surface area contributed by atoms with Gasteiger partial charge in [-0.3, -0.25) is 5.10 Å². The summed E-state index contributed by atoms with van der Waals surface area (Å²) in [6.07, 6.45) is 5.30. The molecule has 0 bridgehead atoms. The van der Waals surface area contributed by atoms with E-state index in [1.807, 2.05) is 6.07 Å². The highest BCUT2D eigenvalue weighted by atomic mass is 15.3. The number of aromatic nitrogens is 6. The van der Waals surface area contributed by atoms with E-state index in [0.29, 0.717) is 25.3 Å². The van der Waals surface area contributed by atoms with Crippen LogP contribution < -0.4 is 5.32 Å². The molecule has 0 saturated carbocycles. The number of rotatable bonds is 5. The van der Waals surface area contributed by atoms with Crippen molar-refractivity contribution in [1.82, 2.24) is 29.9 Å². The third-order valence-electron chi connectivity index (χ3n) is 2.87. The maximum absolute atomic E-state index is 8.64. The van der Waals surface area contributed by atoms with E-state index in [2.05, 4.69) is 36.7 Å². The van der Waals surface area contributed by atoms with Gasteiger partial charge in [0.05, 0.1) is 42.9 Å². The predicted octanol–water partition coefficient (Wildman–Crippen LogP) is 1.08. The molecule has 8 heteroatoms. The molecule has 0 saturated heterocycles. The molecule has 0 radical (unpaired) electrons.